The maximum Gasteiger partial charge on any atom is 0.305 e. The minimum absolute atomic E-state index is 0.0841. The molecule has 1 amide bonds. The second-order valence-corrected chi connectivity index (χ2v) is 11.1. The van der Waals surface area contributed by atoms with E-state index >= 15 is 0 Å². The highest BCUT2D eigenvalue weighted by Crippen LogP contribution is 2.42. The molecule has 2 aromatic rings. The lowest BCUT2D eigenvalue weighted by molar-refractivity contribution is -0.140. The molecular formula is C22H32N4O3S2. The van der Waals surface area contributed by atoms with E-state index in [2.05, 4.69) is 47.1 Å². The molecule has 9 heteroatoms. The number of hydrogen-bond acceptors (Lipinski definition) is 7. The van der Waals surface area contributed by atoms with Gasteiger partial charge < -0.3 is 14.6 Å². The van der Waals surface area contributed by atoms with Gasteiger partial charge in [-0.15, -0.1) is 21.5 Å². The van der Waals surface area contributed by atoms with Crippen LogP contribution >= 0.6 is 23.1 Å². The Balaban J connectivity index is 1.56. The van der Waals surface area contributed by atoms with Gasteiger partial charge in [-0.25, -0.2) is 0 Å². The first kappa shape index (κ1) is 23.8. The first-order valence-corrected chi connectivity index (χ1v) is 12.5. The summed E-state index contributed by atoms with van der Waals surface area (Å²) in [7, 11) is 3.31. The molecule has 0 aromatic carbocycles. The molecule has 0 spiro atoms. The van der Waals surface area contributed by atoms with Crippen molar-refractivity contribution in [2.45, 2.75) is 58.0 Å². The van der Waals surface area contributed by atoms with Crippen LogP contribution in [0, 0.1) is 11.3 Å². The van der Waals surface area contributed by atoms with Gasteiger partial charge in [-0.2, -0.15) is 0 Å². The Hall–Kier alpha value is -1.87. The molecule has 1 aliphatic rings. The number of fused-ring (bicyclic) bond motifs is 1. The summed E-state index contributed by atoms with van der Waals surface area (Å²) in [4.78, 5) is 25.8. The molecular weight excluding hydrogens is 432 g/mol. The zero-order chi connectivity index (χ0) is 22.6. The third-order valence-electron chi connectivity index (χ3n) is 5.80. The number of carbonyl (C=O) groups is 2. The van der Waals surface area contributed by atoms with E-state index in [0.29, 0.717) is 30.7 Å². The molecule has 0 saturated carbocycles. The molecule has 0 radical (unpaired) electrons. The van der Waals surface area contributed by atoms with Gasteiger partial charge in [0, 0.05) is 24.9 Å². The third kappa shape index (κ3) is 6.10. The lowest BCUT2D eigenvalue weighted by Gasteiger charge is -2.33. The number of carbonyl (C=O) groups excluding carboxylic acids is 2. The van der Waals surface area contributed by atoms with Crippen LogP contribution < -0.4 is 5.32 Å². The number of thiophene rings is 1. The van der Waals surface area contributed by atoms with Crippen LogP contribution in [0.25, 0.3) is 10.7 Å². The van der Waals surface area contributed by atoms with Crippen molar-refractivity contribution >= 4 is 35.0 Å². The van der Waals surface area contributed by atoms with Crippen molar-refractivity contribution in [2.24, 2.45) is 18.4 Å². The maximum absolute atomic E-state index is 12.1. The number of rotatable bonds is 8. The van der Waals surface area contributed by atoms with Crippen LogP contribution in [-0.2, 0) is 34.2 Å². The van der Waals surface area contributed by atoms with Crippen LogP contribution in [-0.4, -0.2) is 46.0 Å². The van der Waals surface area contributed by atoms with Crippen molar-refractivity contribution in [3.63, 3.8) is 0 Å². The molecule has 3 rings (SSSR count). The smallest absolute Gasteiger partial charge is 0.305 e. The zero-order valence-electron chi connectivity index (χ0n) is 19.0. The predicted octanol–water partition coefficient (Wildman–Crippen LogP) is 3.86. The summed E-state index contributed by atoms with van der Waals surface area (Å²) in [6, 6.07) is 2.28. The molecule has 0 aliphatic heterocycles. The highest BCUT2D eigenvalue weighted by Gasteiger charge is 2.30. The Morgan fingerprint density at radius 2 is 2.13 bits per heavy atom. The molecule has 1 unspecified atom stereocenters. The average Bonchev–Trinajstić information content (AvgIpc) is 3.31. The average molecular weight is 465 g/mol. The van der Waals surface area contributed by atoms with Gasteiger partial charge in [0.2, 0.25) is 5.91 Å². The zero-order valence-corrected chi connectivity index (χ0v) is 20.6. The lowest BCUT2D eigenvalue weighted by Crippen LogP contribution is -2.26. The minimum Gasteiger partial charge on any atom is -0.469 e. The molecule has 0 bridgehead atoms. The number of aryl methyl sites for hydroxylation is 1. The Labute approximate surface area is 192 Å². The number of amides is 1. The van der Waals surface area contributed by atoms with E-state index < -0.39 is 0 Å². The number of nitrogens with zero attached hydrogens (tertiary/aromatic N) is 3. The first-order valence-electron chi connectivity index (χ1n) is 10.7. The van der Waals surface area contributed by atoms with Gasteiger partial charge in [-0.1, -0.05) is 32.5 Å². The number of hydrogen-bond donors (Lipinski definition) is 1. The highest BCUT2D eigenvalue weighted by atomic mass is 32.2. The third-order valence-corrected chi connectivity index (χ3v) is 8.06. The second-order valence-electron chi connectivity index (χ2n) is 9.05. The van der Waals surface area contributed by atoms with Crippen molar-refractivity contribution in [3.8, 4) is 10.7 Å². The van der Waals surface area contributed by atoms with Crippen LogP contribution in [0.2, 0.25) is 0 Å². The number of nitrogens with one attached hydrogen (secondary N) is 1. The van der Waals surface area contributed by atoms with Crippen molar-refractivity contribution in [3.05, 3.63) is 16.5 Å². The van der Waals surface area contributed by atoms with Crippen LogP contribution in [0.5, 0.6) is 0 Å². The highest BCUT2D eigenvalue weighted by molar-refractivity contribution is 7.99. The second kappa shape index (κ2) is 10.2. The number of ether oxygens (including phenoxy) is 1. The van der Waals surface area contributed by atoms with Gasteiger partial charge in [0.25, 0.3) is 0 Å². The number of aromatic nitrogens is 3. The van der Waals surface area contributed by atoms with Gasteiger partial charge in [0.15, 0.2) is 11.0 Å². The molecule has 1 atom stereocenters. The minimum atomic E-state index is -0.264. The summed E-state index contributed by atoms with van der Waals surface area (Å²) < 4.78 is 6.55. The molecule has 31 heavy (non-hydrogen) atoms. The van der Waals surface area contributed by atoms with Crippen LogP contribution in [0.1, 0.15) is 50.5 Å². The SMILES string of the molecule is COC(=O)CCCNC(=O)CSc1nnc(-c2cc3c(s2)CCC(C(C)(C)C)C3)n1C. The Kier molecular flexibility index (Phi) is 7.80. The molecule has 0 saturated heterocycles. The fourth-order valence-corrected chi connectivity index (χ4v) is 5.74. The maximum atomic E-state index is 12.1. The lowest BCUT2D eigenvalue weighted by atomic mass is 9.72. The standard InChI is InChI=1S/C22H32N4O3S2/c1-22(2,3)15-8-9-16-14(11-15)12-17(31-16)20-24-25-21(26(20)4)30-13-18(27)23-10-6-7-19(28)29-5/h12,15H,6-11,13H2,1-5H3,(H,23,27). The molecule has 7 nitrogen and oxygen atoms in total. The summed E-state index contributed by atoms with van der Waals surface area (Å²) in [5.74, 6) is 1.48. The van der Waals surface area contributed by atoms with Gasteiger partial charge in [-0.3, -0.25) is 9.59 Å². The van der Waals surface area contributed by atoms with E-state index in [1.165, 1.54) is 35.7 Å². The molecule has 0 fully saturated rings. The molecule has 2 aromatic heterocycles. The monoisotopic (exact) mass is 464 g/mol. The van der Waals surface area contributed by atoms with Crippen molar-refractivity contribution in [1.82, 2.24) is 20.1 Å². The molecule has 1 aliphatic carbocycles. The number of methoxy groups -OCH3 is 1. The summed E-state index contributed by atoms with van der Waals surface area (Å²) >= 11 is 3.19. The number of thioether (sulfide) groups is 1. The van der Waals surface area contributed by atoms with Crippen LogP contribution in [0.4, 0.5) is 0 Å². The Bertz CT molecular complexity index is 930. The van der Waals surface area contributed by atoms with E-state index in [1.807, 2.05) is 23.0 Å². The number of esters is 1. The summed E-state index contributed by atoms with van der Waals surface area (Å²) in [5.41, 5.74) is 1.78. The van der Waals surface area contributed by atoms with E-state index in [1.54, 1.807) is 0 Å². The molecule has 170 valence electrons. The van der Waals surface area contributed by atoms with Gasteiger partial charge in [-0.05, 0) is 48.6 Å². The summed E-state index contributed by atoms with van der Waals surface area (Å²) in [6.45, 7) is 7.45. The van der Waals surface area contributed by atoms with Gasteiger partial charge in [0.05, 0.1) is 17.7 Å². The topological polar surface area (TPSA) is 86.1 Å². The summed E-state index contributed by atoms with van der Waals surface area (Å²) in [5, 5.41) is 12.2. The van der Waals surface area contributed by atoms with Gasteiger partial charge in [0.1, 0.15) is 0 Å². The normalized spacial score (nSPS) is 16.1. The predicted molar refractivity (Wildman–Crippen MR) is 124 cm³/mol. The van der Waals surface area contributed by atoms with Crippen molar-refractivity contribution in [2.75, 3.05) is 19.4 Å². The van der Waals surface area contributed by atoms with E-state index in [9.17, 15) is 9.59 Å². The molecule has 1 N–H and O–H groups in total. The fraction of sp³-hybridized carbons (Fsp3) is 0.636. The van der Waals surface area contributed by atoms with E-state index in [4.69, 9.17) is 0 Å². The van der Waals surface area contributed by atoms with Crippen molar-refractivity contribution < 1.29 is 14.3 Å². The summed E-state index contributed by atoms with van der Waals surface area (Å²) in [6.07, 6.45) is 4.38. The van der Waals surface area contributed by atoms with E-state index in [0.717, 1.165) is 28.7 Å². The Morgan fingerprint density at radius 3 is 2.84 bits per heavy atom. The first-order chi connectivity index (χ1) is 14.7. The molecule has 2 heterocycles. The van der Waals surface area contributed by atoms with Crippen molar-refractivity contribution in [1.29, 1.82) is 0 Å². The Morgan fingerprint density at radius 1 is 1.35 bits per heavy atom. The fourth-order valence-electron chi connectivity index (χ4n) is 3.77. The van der Waals surface area contributed by atoms with E-state index in [-0.39, 0.29) is 17.6 Å². The quantitative estimate of drug-likeness (QED) is 0.363. The van der Waals surface area contributed by atoms with Crippen LogP contribution in [0.15, 0.2) is 11.2 Å². The van der Waals surface area contributed by atoms with Crippen LogP contribution in [0.3, 0.4) is 0 Å². The largest absolute Gasteiger partial charge is 0.469 e. The van der Waals surface area contributed by atoms with Gasteiger partial charge >= 0.3 is 5.97 Å².